The quantitative estimate of drug-likeness (QED) is 0.449. The zero-order valence-electron chi connectivity index (χ0n) is 21.7. The average Bonchev–Trinajstić information content (AvgIpc) is 3.48. The highest BCUT2D eigenvalue weighted by atomic mass is 32.1. The molecule has 0 radical (unpaired) electrons. The first-order valence-corrected chi connectivity index (χ1v) is 13.7. The van der Waals surface area contributed by atoms with Crippen molar-refractivity contribution in [3.8, 4) is 0 Å². The number of rotatable bonds is 5. The molecule has 204 valence electrons. The third-order valence-corrected chi connectivity index (χ3v) is 8.87. The number of amides is 1. The van der Waals surface area contributed by atoms with E-state index in [1.807, 2.05) is 22.5 Å². The summed E-state index contributed by atoms with van der Waals surface area (Å²) in [5.41, 5.74) is 4.85. The summed E-state index contributed by atoms with van der Waals surface area (Å²) in [6, 6.07) is 4.80. The lowest BCUT2D eigenvalue weighted by Crippen LogP contribution is -2.34. The van der Waals surface area contributed by atoms with Crippen molar-refractivity contribution in [1.29, 1.82) is 0 Å². The normalized spacial score (nSPS) is 16.1. The van der Waals surface area contributed by atoms with Gasteiger partial charge in [-0.2, -0.15) is 0 Å². The van der Waals surface area contributed by atoms with Crippen molar-refractivity contribution < 1.29 is 33.4 Å². The zero-order valence-corrected chi connectivity index (χ0v) is 22.5. The first-order valence-electron chi connectivity index (χ1n) is 12.9. The van der Waals surface area contributed by atoms with Gasteiger partial charge in [0.05, 0.1) is 6.26 Å². The smallest absolute Gasteiger partial charge is 0.414 e. The van der Waals surface area contributed by atoms with E-state index in [1.165, 1.54) is 26.9 Å². The van der Waals surface area contributed by atoms with Gasteiger partial charge < -0.3 is 24.4 Å². The van der Waals surface area contributed by atoms with E-state index in [4.69, 9.17) is 24.2 Å². The summed E-state index contributed by atoms with van der Waals surface area (Å²) in [5, 5.41) is 15.7. The number of benzene rings is 1. The van der Waals surface area contributed by atoms with Crippen molar-refractivity contribution in [3.63, 3.8) is 0 Å². The van der Waals surface area contributed by atoms with Crippen molar-refractivity contribution >= 4 is 40.2 Å². The van der Waals surface area contributed by atoms with Gasteiger partial charge in [-0.25, -0.2) is 14.0 Å². The average molecular weight is 545 g/mol. The summed E-state index contributed by atoms with van der Waals surface area (Å²) in [6.07, 6.45) is 7.13. The van der Waals surface area contributed by atoms with Gasteiger partial charge in [0.15, 0.2) is 0 Å². The van der Waals surface area contributed by atoms with E-state index in [9.17, 15) is 9.18 Å². The fourth-order valence-electron chi connectivity index (χ4n) is 5.45. The van der Waals surface area contributed by atoms with Gasteiger partial charge >= 0.3 is 11.9 Å². The Kier molecular flexibility index (Phi) is 8.83. The molecule has 1 fully saturated rings. The lowest BCUT2D eigenvalue weighted by molar-refractivity contribution is -0.159. The molecule has 2 aliphatic heterocycles. The largest absolute Gasteiger partial charge is 0.473 e. The number of carbonyl (C=O) groups is 3. The third kappa shape index (κ3) is 6.24. The molecule has 2 aliphatic rings. The molecule has 38 heavy (non-hydrogen) atoms. The summed E-state index contributed by atoms with van der Waals surface area (Å²) in [4.78, 5) is 37.6. The van der Waals surface area contributed by atoms with E-state index in [0.29, 0.717) is 5.92 Å². The van der Waals surface area contributed by atoms with Gasteiger partial charge in [-0.15, -0.1) is 11.3 Å². The Labute approximate surface area is 224 Å². The molecule has 0 bridgehead atoms. The lowest BCUT2D eigenvalue weighted by atomic mass is 9.89. The molecule has 3 aromatic rings. The van der Waals surface area contributed by atoms with Crippen LogP contribution in [-0.2, 0) is 40.2 Å². The molecule has 1 saturated heterocycles. The van der Waals surface area contributed by atoms with E-state index >= 15 is 0 Å². The number of halogens is 1. The number of hydrogen-bond acceptors (Lipinski definition) is 6. The van der Waals surface area contributed by atoms with Gasteiger partial charge in [0, 0.05) is 47.3 Å². The second kappa shape index (κ2) is 12.1. The molecule has 1 aromatic carbocycles. The Morgan fingerprint density at radius 3 is 2.47 bits per heavy atom. The van der Waals surface area contributed by atoms with E-state index in [0.717, 1.165) is 81.4 Å². The van der Waals surface area contributed by atoms with Gasteiger partial charge in [0.25, 0.3) is 0 Å². The van der Waals surface area contributed by atoms with Crippen LogP contribution in [0.25, 0.3) is 11.0 Å². The molecule has 0 saturated carbocycles. The van der Waals surface area contributed by atoms with Crippen LogP contribution in [0.5, 0.6) is 0 Å². The van der Waals surface area contributed by atoms with Crippen molar-refractivity contribution in [1.82, 2.24) is 9.80 Å². The van der Waals surface area contributed by atoms with Crippen LogP contribution in [0.2, 0.25) is 0 Å². The third-order valence-electron chi connectivity index (χ3n) is 7.47. The maximum absolute atomic E-state index is 13.7. The van der Waals surface area contributed by atoms with Crippen molar-refractivity contribution in [2.45, 2.75) is 58.4 Å². The summed E-state index contributed by atoms with van der Waals surface area (Å²) >= 11 is 1.98. The second-order valence-electron chi connectivity index (χ2n) is 9.76. The molecule has 10 heteroatoms. The molecule has 5 rings (SSSR count). The topological polar surface area (TPSA) is 111 Å². The number of likely N-dealkylation sites (tertiary alicyclic amines) is 1. The first-order chi connectivity index (χ1) is 18.2. The second-order valence-corrected chi connectivity index (χ2v) is 10.9. The Balaban J connectivity index is 0.000000505. The number of nitrogens with zero attached hydrogens (tertiary/aromatic N) is 2. The molecule has 2 aromatic heterocycles. The molecule has 2 N–H and O–H groups in total. The van der Waals surface area contributed by atoms with Crippen LogP contribution in [0.15, 0.2) is 28.9 Å². The van der Waals surface area contributed by atoms with Crippen LogP contribution in [-0.4, -0.2) is 64.0 Å². The minimum absolute atomic E-state index is 0.182. The minimum atomic E-state index is -1.82. The predicted octanol–water partition coefficient (Wildman–Crippen LogP) is 4.68. The van der Waals surface area contributed by atoms with Crippen LogP contribution in [0.4, 0.5) is 4.39 Å². The molecule has 4 heterocycles. The van der Waals surface area contributed by atoms with E-state index in [-0.39, 0.29) is 11.7 Å². The highest BCUT2D eigenvalue weighted by molar-refractivity contribution is 7.12. The predicted molar refractivity (Wildman–Crippen MR) is 142 cm³/mol. The monoisotopic (exact) mass is 544 g/mol. The maximum atomic E-state index is 13.7. The summed E-state index contributed by atoms with van der Waals surface area (Å²) in [7, 11) is 0. The number of furan rings is 1. The summed E-state index contributed by atoms with van der Waals surface area (Å²) in [5.74, 6) is -3.23. The number of thiophene rings is 1. The fraction of sp³-hybridized carbons (Fsp3) is 0.464. The Morgan fingerprint density at radius 1 is 1.13 bits per heavy atom. The van der Waals surface area contributed by atoms with E-state index in [2.05, 4.69) is 11.8 Å². The Hall–Kier alpha value is -3.24. The molecule has 0 atom stereocenters. The molecular formula is C28H33FN2O6S. The number of aliphatic carboxylic acids is 2. The minimum Gasteiger partial charge on any atom is -0.473 e. The van der Waals surface area contributed by atoms with Gasteiger partial charge in [0.1, 0.15) is 11.4 Å². The maximum Gasteiger partial charge on any atom is 0.414 e. The van der Waals surface area contributed by atoms with E-state index < -0.39 is 11.9 Å². The molecule has 1 amide bonds. The zero-order chi connectivity index (χ0) is 27.4. The molecular weight excluding hydrogens is 511 g/mol. The molecule has 0 unspecified atom stereocenters. The lowest BCUT2D eigenvalue weighted by Gasteiger charge is -2.31. The number of hydrogen-bond donors (Lipinski definition) is 2. The van der Waals surface area contributed by atoms with Gasteiger partial charge in [-0.3, -0.25) is 4.79 Å². The van der Waals surface area contributed by atoms with Crippen LogP contribution in [0, 0.1) is 5.82 Å². The molecule has 0 aliphatic carbocycles. The van der Waals surface area contributed by atoms with Gasteiger partial charge in [-0.1, -0.05) is 6.92 Å². The van der Waals surface area contributed by atoms with Crippen LogP contribution in [0.1, 0.15) is 59.1 Å². The van der Waals surface area contributed by atoms with Crippen molar-refractivity contribution in [3.05, 3.63) is 56.7 Å². The number of carboxylic acids is 2. The molecule has 8 nitrogen and oxygen atoms in total. The summed E-state index contributed by atoms with van der Waals surface area (Å²) < 4.78 is 19.4. The van der Waals surface area contributed by atoms with Crippen molar-refractivity contribution in [2.75, 3.05) is 26.2 Å². The number of carboxylic acid groups (broad SMARTS) is 2. The van der Waals surface area contributed by atoms with Crippen LogP contribution >= 0.6 is 11.3 Å². The number of carbonyl (C=O) groups excluding carboxylic acids is 1. The fourth-order valence-corrected chi connectivity index (χ4v) is 6.83. The standard InChI is InChI=1S/C26H31FN2O2S.C2H2O4/c1-3-20-22-15-29(17(2)30)13-9-26(22)32-25(20)8-12-28-10-6-18(7-11-28)23-16-31-24-5-4-19(27)14-21(23)24;3-1(4)2(5)6/h4-5,14,16,18H,3,6-13,15H2,1-2H3;(H,3,4)(H,5,6). The Morgan fingerprint density at radius 2 is 1.84 bits per heavy atom. The first kappa shape index (κ1) is 27.8. The summed E-state index contributed by atoms with van der Waals surface area (Å²) in [6.45, 7) is 8.77. The highest BCUT2D eigenvalue weighted by Crippen LogP contribution is 2.36. The van der Waals surface area contributed by atoms with Gasteiger partial charge in [0.2, 0.25) is 5.91 Å². The highest BCUT2D eigenvalue weighted by Gasteiger charge is 2.27. The number of piperidine rings is 1. The SMILES string of the molecule is CCc1c(CCN2CCC(c3coc4ccc(F)cc34)CC2)sc2c1CN(C(C)=O)CC2.O=C(O)C(=O)O. The molecule has 0 spiro atoms. The van der Waals surface area contributed by atoms with Crippen LogP contribution in [0.3, 0.4) is 0 Å². The van der Waals surface area contributed by atoms with E-state index in [1.54, 1.807) is 19.1 Å². The number of fused-ring (bicyclic) bond motifs is 2. The van der Waals surface area contributed by atoms with Crippen LogP contribution < -0.4 is 0 Å². The van der Waals surface area contributed by atoms with Crippen molar-refractivity contribution in [2.24, 2.45) is 0 Å². The van der Waals surface area contributed by atoms with Gasteiger partial charge in [-0.05, 0) is 80.4 Å². The Bertz CT molecular complexity index is 1310.